The number of hydrogen-bond acceptors (Lipinski definition) is 5. The second-order valence-electron chi connectivity index (χ2n) is 7.78. The Hall–Kier alpha value is -1.63. The number of thioether (sulfide) groups is 1. The van der Waals surface area contributed by atoms with Crippen molar-refractivity contribution in [3.63, 3.8) is 0 Å². The van der Waals surface area contributed by atoms with Gasteiger partial charge in [0.2, 0.25) is 0 Å². The molecular formula is C23H29N3OS2. The molecule has 1 atom stereocenters. The van der Waals surface area contributed by atoms with Gasteiger partial charge in [-0.05, 0) is 56.0 Å². The molecule has 4 nitrogen and oxygen atoms in total. The molecule has 29 heavy (non-hydrogen) atoms. The maximum Gasteiger partial charge on any atom is 0.267 e. The molecule has 0 bridgehead atoms. The van der Waals surface area contributed by atoms with Crippen LogP contribution in [0.1, 0.15) is 37.6 Å². The number of benzene rings is 1. The maximum atomic E-state index is 13.7. The number of aryl methyl sites for hydroxylation is 1. The van der Waals surface area contributed by atoms with Gasteiger partial charge in [0, 0.05) is 17.2 Å². The van der Waals surface area contributed by atoms with E-state index in [4.69, 9.17) is 4.98 Å². The van der Waals surface area contributed by atoms with E-state index in [1.165, 1.54) is 10.4 Å². The van der Waals surface area contributed by atoms with Crippen LogP contribution in [-0.4, -0.2) is 39.8 Å². The summed E-state index contributed by atoms with van der Waals surface area (Å²) >= 11 is 3.43. The van der Waals surface area contributed by atoms with Crippen molar-refractivity contribution in [1.29, 1.82) is 0 Å². The second kappa shape index (κ2) is 9.02. The Morgan fingerprint density at radius 3 is 2.72 bits per heavy atom. The first-order valence-electron chi connectivity index (χ1n) is 10.6. The van der Waals surface area contributed by atoms with Crippen LogP contribution in [-0.2, 0) is 12.8 Å². The van der Waals surface area contributed by atoms with Crippen LogP contribution in [0.3, 0.4) is 0 Å². The van der Waals surface area contributed by atoms with E-state index in [0.29, 0.717) is 5.92 Å². The lowest BCUT2D eigenvalue weighted by molar-refractivity contribution is 0.324. The average Bonchev–Trinajstić information content (AvgIpc) is 3.09. The normalized spacial score (nSPS) is 16.5. The number of nitrogens with zero attached hydrogens (tertiary/aromatic N) is 3. The van der Waals surface area contributed by atoms with Crippen molar-refractivity contribution in [2.45, 2.75) is 45.2 Å². The molecule has 4 rings (SSSR count). The highest BCUT2D eigenvalue weighted by Crippen LogP contribution is 2.36. The molecule has 154 valence electrons. The zero-order valence-electron chi connectivity index (χ0n) is 17.5. The molecule has 1 aromatic carbocycles. The third-order valence-electron chi connectivity index (χ3n) is 5.85. The highest BCUT2D eigenvalue weighted by molar-refractivity contribution is 7.99. The molecule has 0 spiro atoms. The summed E-state index contributed by atoms with van der Waals surface area (Å²) in [5.74, 6) is 1.61. The minimum absolute atomic E-state index is 0.0959. The standard InChI is InChI=1S/C23H29N3OS2/c1-4-25(5-2)13-14-28-23-24-21-20(18-12-11-16(3)15-19(18)29-21)22(27)26(23)17-9-7-6-8-10-17/h6-10,16H,4-5,11-15H2,1-3H3. The molecule has 2 heterocycles. The number of aromatic nitrogens is 2. The minimum Gasteiger partial charge on any atom is -0.303 e. The van der Waals surface area contributed by atoms with Crippen LogP contribution in [0.15, 0.2) is 40.3 Å². The van der Waals surface area contributed by atoms with Gasteiger partial charge in [-0.3, -0.25) is 9.36 Å². The fraction of sp³-hybridized carbons (Fsp3) is 0.478. The summed E-state index contributed by atoms with van der Waals surface area (Å²) in [6.45, 7) is 9.77. The molecule has 0 saturated carbocycles. The predicted molar refractivity (Wildman–Crippen MR) is 125 cm³/mol. The molecule has 6 heteroatoms. The zero-order valence-corrected chi connectivity index (χ0v) is 19.1. The van der Waals surface area contributed by atoms with Crippen LogP contribution in [0.2, 0.25) is 0 Å². The van der Waals surface area contributed by atoms with E-state index in [9.17, 15) is 4.79 Å². The Labute approximate surface area is 181 Å². The van der Waals surface area contributed by atoms with Gasteiger partial charge >= 0.3 is 0 Å². The Balaban J connectivity index is 1.79. The molecule has 1 aliphatic rings. The van der Waals surface area contributed by atoms with E-state index in [1.807, 2.05) is 34.9 Å². The zero-order chi connectivity index (χ0) is 20.4. The number of para-hydroxylation sites is 1. The van der Waals surface area contributed by atoms with E-state index in [1.54, 1.807) is 23.1 Å². The summed E-state index contributed by atoms with van der Waals surface area (Å²) < 4.78 is 1.83. The number of rotatable bonds is 7. The molecule has 0 N–H and O–H groups in total. The van der Waals surface area contributed by atoms with Crippen molar-refractivity contribution in [3.05, 3.63) is 51.1 Å². The lowest BCUT2D eigenvalue weighted by Crippen LogP contribution is -2.26. The SMILES string of the molecule is CCN(CC)CCSc1nc2sc3c(c2c(=O)n1-c1ccccc1)CCC(C)C3. The van der Waals surface area contributed by atoms with Crippen LogP contribution in [0.5, 0.6) is 0 Å². The molecule has 1 unspecified atom stereocenters. The van der Waals surface area contributed by atoms with Crippen molar-refractivity contribution >= 4 is 33.3 Å². The fourth-order valence-electron chi connectivity index (χ4n) is 4.08. The van der Waals surface area contributed by atoms with Crippen molar-refractivity contribution in [1.82, 2.24) is 14.5 Å². The lowest BCUT2D eigenvalue weighted by atomic mass is 9.89. The summed E-state index contributed by atoms with van der Waals surface area (Å²) in [6.07, 6.45) is 3.23. The minimum atomic E-state index is 0.0959. The number of thiophene rings is 1. The Bertz CT molecular complexity index is 1040. The van der Waals surface area contributed by atoms with E-state index >= 15 is 0 Å². The van der Waals surface area contributed by atoms with Gasteiger partial charge in [0.1, 0.15) is 4.83 Å². The third-order valence-corrected chi connectivity index (χ3v) is 7.91. The first-order chi connectivity index (χ1) is 14.1. The van der Waals surface area contributed by atoms with Crippen LogP contribution in [0, 0.1) is 5.92 Å². The van der Waals surface area contributed by atoms with Crippen molar-refractivity contribution in [2.24, 2.45) is 5.92 Å². The number of hydrogen-bond donors (Lipinski definition) is 0. The van der Waals surface area contributed by atoms with Crippen LogP contribution >= 0.6 is 23.1 Å². The van der Waals surface area contributed by atoms with E-state index in [2.05, 4.69) is 25.7 Å². The summed E-state index contributed by atoms with van der Waals surface area (Å²) in [4.78, 5) is 23.4. The average molecular weight is 428 g/mol. The topological polar surface area (TPSA) is 38.1 Å². The summed E-state index contributed by atoms with van der Waals surface area (Å²) in [7, 11) is 0. The van der Waals surface area contributed by atoms with E-state index in [-0.39, 0.29) is 5.56 Å². The smallest absolute Gasteiger partial charge is 0.267 e. The quantitative estimate of drug-likeness (QED) is 0.393. The second-order valence-corrected chi connectivity index (χ2v) is 9.92. The Kier molecular flexibility index (Phi) is 6.42. The van der Waals surface area contributed by atoms with Crippen LogP contribution in [0.25, 0.3) is 15.9 Å². The van der Waals surface area contributed by atoms with Crippen molar-refractivity contribution in [2.75, 3.05) is 25.4 Å². The Morgan fingerprint density at radius 1 is 1.24 bits per heavy atom. The largest absolute Gasteiger partial charge is 0.303 e. The predicted octanol–water partition coefficient (Wildman–Crippen LogP) is 5.01. The molecule has 2 aromatic heterocycles. The molecule has 0 amide bonds. The van der Waals surface area contributed by atoms with Gasteiger partial charge in [0.25, 0.3) is 5.56 Å². The summed E-state index contributed by atoms with van der Waals surface area (Å²) in [6, 6.07) is 9.97. The summed E-state index contributed by atoms with van der Waals surface area (Å²) in [5.41, 5.74) is 2.25. The van der Waals surface area contributed by atoms with Gasteiger partial charge < -0.3 is 4.90 Å². The molecule has 0 aliphatic heterocycles. The van der Waals surface area contributed by atoms with Gasteiger partial charge in [0.15, 0.2) is 5.16 Å². The van der Waals surface area contributed by atoms with E-state index < -0.39 is 0 Å². The highest BCUT2D eigenvalue weighted by Gasteiger charge is 2.25. The monoisotopic (exact) mass is 427 g/mol. The summed E-state index contributed by atoms with van der Waals surface area (Å²) in [5, 5.41) is 1.67. The van der Waals surface area contributed by atoms with Gasteiger partial charge in [0.05, 0.1) is 11.1 Å². The molecular weight excluding hydrogens is 398 g/mol. The highest BCUT2D eigenvalue weighted by atomic mass is 32.2. The van der Waals surface area contributed by atoms with Crippen molar-refractivity contribution in [3.8, 4) is 5.69 Å². The first kappa shape index (κ1) is 20.6. The van der Waals surface area contributed by atoms with Gasteiger partial charge in [-0.1, -0.05) is 50.7 Å². The molecule has 0 saturated heterocycles. The molecule has 0 radical (unpaired) electrons. The van der Waals surface area contributed by atoms with Crippen LogP contribution in [0.4, 0.5) is 0 Å². The molecule has 0 fully saturated rings. The number of fused-ring (bicyclic) bond motifs is 3. The fourth-order valence-corrected chi connectivity index (χ4v) is 6.52. The first-order valence-corrected chi connectivity index (χ1v) is 12.4. The van der Waals surface area contributed by atoms with Gasteiger partial charge in [-0.25, -0.2) is 4.98 Å². The molecule has 3 aromatic rings. The Morgan fingerprint density at radius 2 is 2.00 bits per heavy atom. The maximum absolute atomic E-state index is 13.7. The van der Waals surface area contributed by atoms with E-state index in [0.717, 1.165) is 65.7 Å². The van der Waals surface area contributed by atoms with Crippen molar-refractivity contribution < 1.29 is 0 Å². The lowest BCUT2D eigenvalue weighted by Gasteiger charge is -2.19. The van der Waals surface area contributed by atoms with Gasteiger partial charge in [-0.15, -0.1) is 11.3 Å². The van der Waals surface area contributed by atoms with Crippen LogP contribution < -0.4 is 5.56 Å². The molecule has 1 aliphatic carbocycles. The third kappa shape index (κ3) is 4.16. The van der Waals surface area contributed by atoms with Gasteiger partial charge in [-0.2, -0.15) is 0 Å².